The maximum absolute atomic E-state index is 10.6. The molecule has 0 aliphatic rings. The van der Waals surface area contributed by atoms with E-state index in [2.05, 4.69) is 0 Å². The number of anilines is 1. The van der Waals surface area contributed by atoms with Crippen molar-refractivity contribution in [3.8, 4) is 0 Å². The van der Waals surface area contributed by atoms with Crippen LogP contribution in [0.3, 0.4) is 0 Å². The number of rotatable bonds is 3. The molecule has 76 valence electrons. The summed E-state index contributed by atoms with van der Waals surface area (Å²) in [6.07, 6.45) is 1.59. The molecular formula is C10H14N2O2. The summed E-state index contributed by atoms with van der Waals surface area (Å²) in [5.74, 6) is 0. The average molecular weight is 194 g/mol. The highest BCUT2D eigenvalue weighted by atomic mass is 16.6. The quantitative estimate of drug-likeness (QED) is 0.456. The number of nitrogen functional groups attached to an aromatic ring is 1. The number of hydrogen-bond donors (Lipinski definition) is 1. The van der Waals surface area contributed by atoms with Crippen molar-refractivity contribution in [3.05, 3.63) is 33.4 Å². The lowest BCUT2D eigenvalue weighted by Crippen LogP contribution is -2.00. The number of aryl methyl sites for hydroxylation is 1. The summed E-state index contributed by atoms with van der Waals surface area (Å²) in [5, 5.41) is 10.6. The Kier molecular flexibility index (Phi) is 3.06. The molecule has 0 aromatic heterocycles. The van der Waals surface area contributed by atoms with E-state index in [9.17, 15) is 10.1 Å². The van der Waals surface area contributed by atoms with Crippen LogP contribution >= 0.6 is 0 Å². The average Bonchev–Trinajstić information content (AvgIpc) is 2.16. The molecule has 0 saturated heterocycles. The topological polar surface area (TPSA) is 69.2 Å². The van der Waals surface area contributed by atoms with Gasteiger partial charge in [-0.25, -0.2) is 0 Å². The van der Waals surface area contributed by atoms with E-state index in [-0.39, 0.29) is 5.69 Å². The van der Waals surface area contributed by atoms with Crippen molar-refractivity contribution < 1.29 is 4.92 Å². The molecule has 0 aliphatic heterocycles. The molecule has 14 heavy (non-hydrogen) atoms. The number of non-ortho nitro benzene ring substituents is 1. The minimum Gasteiger partial charge on any atom is -0.398 e. The Balaban J connectivity index is 3.31. The van der Waals surface area contributed by atoms with Gasteiger partial charge >= 0.3 is 0 Å². The van der Waals surface area contributed by atoms with Gasteiger partial charge in [-0.1, -0.05) is 13.8 Å². The van der Waals surface area contributed by atoms with Crippen molar-refractivity contribution in [2.75, 3.05) is 5.73 Å². The van der Waals surface area contributed by atoms with Crippen LogP contribution in [0.5, 0.6) is 0 Å². The summed E-state index contributed by atoms with van der Waals surface area (Å²) < 4.78 is 0. The molecule has 1 aromatic rings. The zero-order chi connectivity index (χ0) is 10.7. The number of nitrogens with two attached hydrogens (primary N) is 1. The Morgan fingerprint density at radius 3 is 2.43 bits per heavy atom. The van der Waals surface area contributed by atoms with Crippen molar-refractivity contribution in [2.45, 2.75) is 26.7 Å². The summed E-state index contributed by atoms with van der Waals surface area (Å²) in [6.45, 7) is 3.97. The van der Waals surface area contributed by atoms with E-state index in [1.807, 2.05) is 13.8 Å². The third-order valence-corrected chi connectivity index (χ3v) is 2.31. The van der Waals surface area contributed by atoms with Crippen LogP contribution in [0.1, 0.15) is 25.0 Å². The standard InChI is InChI=1S/C10H14N2O2/c1-3-7-5-8(12(13)14)6-10(11)9(7)4-2/h5-6H,3-4,11H2,1-2H3. The molecule has 0 aliphatic carbocycles. The Hall–Kier alpha value is -1.58. The van der Waals surface area contributed by atoms with Gasteiger partial charge in [0, 0.05) is 17.8 Å². The summed E-state index contributed by atoms with van der Waals surface area (Å²) in [6, 6.07) is 3.03. The Labute approximate surface area is 82.9 Å². The van der Waals surface area contributed by atoms with E-state index in [0.29, 0.717) is 5.69 Å². The van der Waals surface area contributed by atoms with Crippen molar-refractivity contribution >= 4 is 11.4 Å². The molecule has 4 nitrogen and oxygen atoms in total. The molecule has 0 saturated carbocycles. The first-order valence-electron chi connectivity index (χ1n) is 4.65. The minimum atomic E-state index is -0.408. The van der Waals surface area contributed by atoms with E-state index >= 15 is 0 Å². The van der Waals surface area contributed by atoms with Crippen LogP contribution < -0.4 is 5.73 Å². The van der Waals surface area contributed by atoms with Gasteiger partial charge in [0.15, 0.2) is 0 Å². The second-order valence-corrected chi connectivity index (χ2v) is 3.14. The largest absolute Gasteiger partial charge is 0.398 e. The SMILES string of the molecule is CCc1cc([N+](=O)[O-])cc(N)c1CC. The van der Waals surface area contributed by atoms with Gasteiger partial charge in [0.1, 0.15) is 0 Å². The van der Waals surface area contributed by atoms with Gasteiger partial charge in [-0.2, -0.15) is 0 Å². The highest BCUT2D eigenvalue weighted by molar-refractivity contribution is 5.58. The first-order chi connectivity index (χ1) is 6.60. The molecule has 2 N–H and O–H groups in total. The zero-order valence-corrected chi connectivity index (χ0v) is 8.41. The lowest BCUT2D eigenvalue weighted by molar-refractivity contribution is -0.384. The van der Waals surface area contributed by atoms with Crippen LogP contribution in [0.2, 0.25) is 0 Å². The second-order valence-electron chi connectivity index (χ2n) is 3.14. The monoisotopic (exact) mass is 194 g/mol. The smallest absolute Gasteiger partial charge is 0.271 e. The maximum Gasteiger partial charge on any atom is 0.271 e. The van der Waals surface area contributed by atoms with E-state index < -0.39 is 4.92 Å². The minimum absolute atomic E-state index is 0.0801. The third kappa shape index (κ3) is 1.84. The van der Waals surface area contributed by atoms with Crippen LogP contribution in [0.4, 0.5) is 11.4 Å². The maximum atomic E-state index is 10.6. The number of nitro benzene ring substituents is 1. The molecule has 1 aromatic carbocycles. The molecule has 0 unspecified atom stereocenters. The number of nitrogens with zero attached hydrogens (tertiary/aromatic N) is 1. The molecule has 4 heteroatoms. The van der Waals surface area contributed by atoms with Gasteiger partial charge in [0.05, 0.1) is 4.92 Å². The van der Waals surface area contributed by atoms with Crippen LogP contribution in [-0.4, -0.2) is 4.92 Å². The Morgan fingerprint density at radius 2 is 2.00 bits per heavy atom. The van der Waals surface area contributed by atoms with Gasteiger partial charge in [-0.05, 0) is 24.0 Å². The first kappa shape index (κ1) is 10.5. The van der Waals surface area contributed by atoms with Gasteiger partial charge < -0.3 is 5.73 Å². The molecular weight excluding hydrogens is 180 g/mol. The normalized spacial score (nSPS) is 10.1. The molecule has 0 spiro atoms. The Bertz CT molecular complexity index is 361. The molecule has 0 amide bonds. The van der Waals surface area contributed by atoms with Gasteiger partial charge in [-0.15, -0.1) is 0 Å². The predicted octanol–water partition coefficient (Wildman–Crippen LogP) is 2.30. The van der Waals surface area contributed by atoms with Crippen molar-refractivity contribution in [3.63, 3.8) is 0 Å². The van der Waals surface area contributed by atoms with Crippen LogP contribution in [-0.2, 0) is 12.8 Å². The Morgan fingerprint density at radius 1 is 1.36 bits per heavy atom. The number of hydrogen-bond acceptors (Lipinski definition) is 3. The highest BCUT2D eigenvalue weighted by Crippen LogP contribution is 2.25. The lowest BCUT2D eigenvalue weighted by atomic mass is 10.0. The molecule has 1 rings (SSSR count). The fourth-order valence-corrected chi connectivity index (χ4v) is 1.59. The van der Waals surface area contributed by atoms with Gasteiger partial charge in [0.2, 0.25) is 0 Å². The van der Waals surface area contributed by atoms with Crippen LogP contribution in [0.25, 0.3) is 0 Å². The zero-order valence-electron chi connectivity index (χ0n) is 8.41. The van der Waals surface area contributed by atoms with Crippen molar-refractivity contribution in [1.82, 2.24) is 0 Å². The number of benzene rings is 1. The summed E-state index contributed by atoms with van der Waals surface area (Å²) in [5.41, 5.74) is 8.35. The predicted molar refractivity (Wildman–Crippen MR) is 56.3 cm³/mol. The van der Waals surface area contributed by atoms with Crippen molar-refractivity contribution in [2.24, 2.45) is 0 Å². The summed E-state index contributed by atoms with van der Waals surface area (Å²) in [7, 11) is 0. The molecule has 0 radical (unpaired) electrons. The van der Waals surface area contributed by atoms with E-state index in [0.717, 1.165) is 24.0 Å². The van der Waals surface area contributed by atoms with Crippen LogP contribution in [0.15, 0.2) is 12.1 Å². The van der Waals surface area contributed by atoms with Crippen molar-refractivity contribution in [1.29, 1.82) is 0 Å². The summed E-state index contributed by atoms with van der Waals surface area (Å²) in [4.78, 5) is 10.2. The van der Waals surface area contributed by atoms with E-state index in [1.165, 1.54) is 6.07 Å². The first-order valence-corrected chi connectivity index (χ1v) is 4.65. The van der Waals surface area contributed by atoms with Crippen LogP contribution in [0, 0.1) is 10.1 Å². The molecule has 0 fully saturated rings. The second kappa shape index (κ2) is 4.09. The lowest BCUT2D eigenvalue weighted by Gasteiger charge is -2.08. The molecule has 0 atom stereocenters. The summed E-state index contributed by atoms with van der Waals surface area (Å²) >= 11 is 0. The molecule has 0 bridgehead atoms. The van der Waals surface area contributed by atoms with Gasteiger partial charge in [0.25, 0.3) is 5.69 Å². The third-order valence-electron chi connectivity index (χ3n) is 2.31. The molecule has 0 heterocycles. The highest BCUT2D eigenvalue weighted by Gasteiger charge is 2.12. The fourth-order valence-electron chi connectivity index (χ4n) is 1.59. The van der Waals surface area contributed by atoms with Gasteiger partial charge in [-0.3, -0.25) is 10.1 Å². The fraction of sp³-hybridized carbons (Fsp3) is 0.400. The number of nitro groups is 1. The van der Waals surface area contributed by atoms with E-state index in [4.69, 9.17) is 5.73 Å². The van der Waals surface area contributed by atoms with E-state index in [1.54, 1.807) is 6.07 Å².